The minimum absolute atomic E-state index is 0.176. The van der Waals surface area contributed by atoms with Crippen LogP contribution in [0.4, 0.5) is 16.5 Å². The van der Waals surface area contributed by atoms with Gasteiger partial charge >= 0.3 is 0 Å². The Bertz CT molecular complexity index is 1510. The van der Waals surface area contributed by atoms with Crippen LogP contribution in [0.15, 0.2) is 57.9 Å². The Morgan fingerprint density at radius 2 is 1.85 bits per heavy atom. The van der Waals surface area contributed by atoms with Gasteiger partial charge in [0.15, 0.2) is 5.13 Å². The van der Waals surface area contributed by atoms with Crippen LogP contribution in [0.1, 0.15) is 29.9 Å². The standard InChI is InChI=1S/C23H22N4O2S4/c1-13-11-14(2)19-17(12-13)18-20(23(3,4)26-19)31-32-21(18)25-15-5-7-16(8-6-15)33(28,29)27-22-24-9-10-30-22/h5-12,26H,1-4H3,(H,24,27). The zero-order valence-corrected chi connectivity index (χ0v) is 21.7. The van der Waals surface area contributed by atoms with Crippen LogP contribution in [-0.2, 0) is 15.6 Å². The fourth-order valence-electron chi connectivity index (χ4n) is 3.96. The van der Waals surface area contributed by atoms with E-state index in [2.05, 4.69) is 54.9 Å². The van der Waals surface area contributed by atoms with Gasteiger partial charge in [0.05, 0.1) is 21.0 Å². The second-order valence-electron chi connectivity index (χ2n) is 8.48. The molecule has 1 aliphatic rings. The monoisotopic (exact) mass is 514 g/mol. The highest BCUT2D eigenvalue weighted by molar-refractivity contribution is 7.93. The van der Waals surface area contributed by atoms with Crippen LogP contribution in [0, 0.1) is 13.8 Å². The summed E-state index contributed by atoms with van der Waals surface area (Å²) in [7, 11) is -0.304. The molecule has 0 fully saturated rings. The van der Waals surface area contributed by atoms with Crippen molar-refractivity contribution in [3.63, 3.8) is 0 Å². The molecule has 2 N–H and O–H groups in total. The van der Waals surface area contributed by atoms with Crippen LogP contribution in [0.2, 0.25) is 0 Å². The number of aromatic nitrogens is 1. The van der Waals surface area contributed by atoms with E-state index in [1.807, 2.05) is 0 Å². The summed E-state index contributed by atoms with van der Waals surface area (Å²) in [4.78, 5) is 10.3. The van der Waals surface area contributed by atoms with Gasteiger partial charge in [-0.1, -0.05) is 32.3 Å². The topological polar surface area (TPSA) is 83.5 Å². The number of hydrogen-bond acceptors (Lipinski definition) is 8. The Morgan fingerprint density at radius 1 is 1.09 bits per heavy atom. The highest BCUT2D eigenvalue weighted by atomic mass is 32.9. The van der Waals surface area contributed by atoms with Crippen molar-refractivity contribution in [2.24, 2.45) is 4.99 Å². The quantitative estimate of drug-likeness (QED) is 0.316. The van der Waals surface area contributed by atoms with Gasteiger partial charge in [0, 0.05) is 28.4 Å². The summed E-state index contributed by atoms with van der Waals surface area (Å²) in [5.41, 5.74) is 6.42. The maximum Gasteiger partial charge on any atom is 0.263 e. The molecule has 0 radical (unpaired) electrons. The predicted octanol–water partition coefficient (Wildman–Crippen LogP) is 6.24. The Balaban J connectivity index is 1.56. The number of sulfonamides is 1. The summed E-state index contributed by atoms with van der Waals surface area (Å²) < 4.78 is 28.7. The fraction of sp³-hybridized carbons (Fsp3) is 0.217. The van der Waals surface area contributed by atoms with E-state index in [9.17, 15) is 8.42 Å². The van der Waals surface area contributed by atoms with Crippen molar-refractivity contribution < 1.29 is 8.42 Å². The van der Waals surface area contributed by atoms with Crippen molar-refractivity contribution in [2.45, 2.75) is 38.1 Å². The molecule has 0 amide bonds. The normalized spacial score (nSPS) is 15.0. The number of hydrogen-bond donors (Lipinski definition) is 2. The molecule has 0 saturated carbocycles. The highest BCUT2D eigenvalue weighted by Gasteiger charge is 2.34. The van der Waals surface area contributed by atoms with Gasteiger partial charge in [0.2, 0.25) is 0 Å². The third kappa shape index (κ3) is 4.12. The smallest absolute Gasteiger partial charge is 0.263 e. The molecule has 1 aliphatic heterocycles. The molecule has 0 saturated heterocycles. The zero-order valence-electron chi connectivity index (χ0n) is 18.5. The van der Waals surface area contributed by atoms with E-state index in [1.165, 1.54) is 32.9 Å². The largest absolute Gasteiger partial charge is 0.374 e. The number of aryl methyl sites for hydroxylation is 2. The molecule has 0 unspecified atom stereocenters. The number of thiazole rings is 1. The van der Waals surface area contributed by atoms with E-state index in [0.717, 1.165) is 15.9 Å². The molecular formula is C23H22N4O2S4. The second kappa shape index (κ2) is 8.05. The van der Waals surface area contributed by atoms with E-state index in [-0.39, 0.29) is 10.4 Å². The van der Waals surface area contributed by atoms with Crippen LogP contribution in [-0.4, -0.2) is 13.4 Å². The average Bonchev–Trinajstić information content (AvgIpc) is 3.40. The van der Waals surface area contributed by atoms with E-state index < -0.39 is 10.0 Å². The van der Waals surface area contributed by atoms with E-state index in [1.54, 1.807) is 56.5 Å². The Morgan fingerprint density at radius 3 is 2.55 bits per heavy atom. The first-order valence-electron chi connectivity index (χ1n) is 10.2. The second-order valence-corrected chi connectivity index (χ2v) is 13.2. The van der Waals surface area contributed by atoms with E-state index >= 15 is 0 Å². The molecule has 0 atom stereocenters. The number of benzene rings is 2. The molecule has 0 aliphatic carbocycles. The summed E-state index contributed by atoms with van der Waals surface area (Å²) in [5.74, 6) is 0. The molecule has 6 nitrogen and oxygen atoms in total. The summed E-state index contributed by atoms with van der Waals surface area (Å²) in [6.07, 6.45) is 1.56. The Labute approximate surface area is 204 Å². The lowest BCUT2D eigenvalue weighted by Crippen LogP contribution is -2.32. The summed E-state index contributed by atoms with van der Waals surface area (Å²) in [5, 5.41) is 5.77. The molecule has 3 heterocycles. The Hall–Kier alpha value is -2.53. The lowest BCUT2D eigenvalue weighted by atomic mass is 9.87. The molecule has 4 aromatic rings. The van der Waals surface area contributed by atoms with Crippen molar-refractivity contribution in [1.29, 1.82) is 0 Å². The number of anilines is 2. The maximum atomic E-state index is 12.6. The third-order valence-corrected chi connectivity index (χ3v) is 10.2. The van der Waals surface area contributed by atoms with Crippen molar-refractivity contribution in [1.82, 2.24) is 4.98 Å². The minimum atomic E-state index is -3.69. The number of nitrogens with one attached hydrogen (secondary N) is 2. The first kappa shape index (κ1) is 22.3. The van der Waals surface area contributed by atoms with Crippen LogP contribution in [0.5, 0.6) is 0 Å². The summed E-state index contributed by atoms with van der Waals surface area (Å²) in [6.45, 7) is 8.62. The first-order chi connectivity index (χ1) is 15.6. The number of fused-ring (bicyclic) bond motifs is 3. The summed E-state index contributed by atoms with van der Waals surface area (Å²) in [6, 6.07) is 11.0. The van der Waals surface area contributed by atoms with Crippen LogP contribution >= 0.6 is 32.0 Å². The molecule has 2 aromatic carbocycles. The molecule has 33 heavy (non-hydrogen) atoms. The van der Waals surface area contributed by atoms with Gasteiger partial charge < -0.3 is 5.32 Å². The molecule has 10 heteroatoms. The molecule has 0 spiro atoms. The van der Waals surface area contributed by atoms with Gasteiger partial charge in [0.25, 0.3) is 10.0 Å². The number of rotatable bonds is 4. The molecule has 2 aromatic heterocycles. The first-order valence-corrected chi connectivity index (χ1v) is 14.8. The lowest BCUT2D eigenvalue weighted by Gasteiger charge is -2.34. The summed E-state index contributed by atoms with van der Waals surface area (Å²) >= 11 is 1.24. The molecule has 170 valence electrons. The molecule has 0 bridgehead atoms. The van der Waals surface area contributed by atoms with Gasteiger partial charge in [-0.3, -0.25) is 4.72 Å². The van der Waals surface area contributed by atoms with E-state index in [0.29, 0.717) is 10.8 Å². The van der Waals surface area contributed by atoms with Gasteiger partial charge in [-0.05, 0) is 63.6 Å². The fourth-order valence-corrected chi connectivity index (χ4v) is 8.68. The Kier molecular flexibility index (Phi) is 5.43. The van der Waals surface area contributed by atoms with Crippen LogP contribution < -0.4 is 14.7 Å². The van der Waals surface area contributed by atoms with Crippen molar-refractivity contribution in [3.05, 3.63) is 68.7 Å². The zero-order chi connectivity index (χ0) is 23.4. The van der Waals surface area contributed by atoms with Gasteiger partial charge in [-0.15, -0.1) is 11.3 Å². The van der Waals surface area contributed by atoms with Crippen LogP contribution in [0.3, 0.4) is 0 Å². The van der Waals surface area contributed by atoms with Crippen LogP contribution in [0.25, 0.3) is 11.1 Å². The van der Waals surface area contributed by atoms with E-state index in [4.69, 9.17) is 4.99 Å². The van der Waals surface area contributed by atoms with Gasteiger partial charge in [-0.25, -0.2) is 18.4 Å². The SMILES string of the molecule is Cc1cc(C)c2c(c1)-c1c(ssc1=Nc1ccc(S(=O)(=O)Nc3nccs3)cc1)C(C)(C)N2. The third-order valence-electron chi connectivity index (χ3n) is 5.43. The average molecular weight is 515 g/mol. The minimum Gasteiger partial charge on any atom is -0.374 e. The molecule has 5 rings (SSSR count). The highest BCUT2D eigenvalue weighted by Crippen LogP contribution is 2.46. The molecular weight excluding hydrogens is 493 g/mol. The maximum absolute atomic E-state index is 12.6. The van der Waals surface area contributed by atoms with Gasteiger partial charge in [-0.2, -0.15) is 0 Å². The lowest BCUT2D eigenvalue weighted by molar-refractivity contribution is 0.601. The van der Waals surface area contributed by atoms with Crippen molar-refractivity contribution >= 4 is 58.5 Å². The van der Waals surface area contributed by atoms with Crippen molar-refractivity contribution in [2.75, 3.05) is 10.0 Å². The van der Waals surface area contributed by atoms with Crippen molar-refractivity contribution in [3.8, 4) is 11.1 Å². The predicted molar refractivity (Wildman–Crippen MR) is 138 cm³/mol. The van der Waals surface area contributed by atoms with Gasteiger partial charge in [0.1, 0.15) is 4.67 Å². The number of nitrogens with zero attached hydrogens (tertiary/aromatic N) is 2.